The number of fused-ring (bicyclic) bond motifs is 2. The van der Waals surface area contributed by atoms with Crippen LogP contribution in [0.4, 0.5) is 11.6 Å². The number of anilines is 2. The molecule has 1 aliphatic heterocycles. The van der Waals surface area contributed by atoms with Gasteiger partial charge in [0.25, 0.3) is 0 Å². The normalized spacial score (nSPS) is 13.2. The van der Waals surface area contributed by atoms with Gasteiger partial charge in [-0.3, -0.25) is 15.4 Å². The molecule has 0 radical (unpaired) electrons. The van der Waals surface area contributed by atoms with E-state index < -0.39 is 7.14 Å². The van der Waals surface area contributed by atoms with Gasteiger partial charge in [-0.1, -0.05) is 12.1 Å². The lowest BCUT2D eigenvalue weighted by Gasteiger charge is -2.17. The number of aromatic nitrogens is 3. The molecule has 0 saturated heterocycles. The Morgan fingerprint density at radius 3 is 2.71 bits per heavy atom. The number of pyridine rings is 1. The van der Waals surface area contributed by atoms with Gasteiger partial charge < -0.3 is 9.30 Å². The topological polar surface area (TPSA) is 92.3 Å². The van der Waals surface area contributed by atoms with Crippen LogP contribution in [0.5, 0.6) is 11.6 Å². The van der Waals surface area contributed by atoms with Gasteiger partial charge in [0.1, 0.15) is 12.9 Å². The molecule has 0 unspecified atom stereocenters. The van der Waals surface area contributed by atoms with Crippen molar-refractivity contribution in [1.82, 2.24) is 20.5 Å². The number of nitrogens with zero attached hydrogens (tertiary/aromatic N) is 4. The predicted molar refractivity (Wildman–Crippen MR) is 122 cm³/mol. The number of hydrazine groups is 2. The summed E-state index contributed by atoms with van der Waals surface area (Å²) in [6, 6.07) is 17.4. The molecule has 156 valence electrons. The number of hydrogen-bond acceptors (Lipinski definition) is 8. The number of rotatable bonds is 5. The van der Waals surface area contributed by atoms with E-state index in [0.717, 1.165) is 21.8 Å². The molecule has 0 amide bonds. The van der Waals surface area contributed by atoms with Crippen LogP contribution in [-0.4, -0.2) is 28.3 Å². The first-order valence-electron chi connectivity index (χ1n) is 9.79. The van der Waals surface area contributed by atoms with E-state index in [1.807, 2.05) is 41.4 Å². The van der Waals surface area contributed by atoms with Gasteiger partial charge in [0.05, 0.1) is 18.3 Å². The quantitative estimate of drug-likeness (QED) is 0.459. The molecule has 0 bridgehead atoms. The summed E-state index contributed by atoms with van der Waals surface area (Å²) in [5, 5.41) is 3.77. The summed E-state index contributed by atoms with van der Waals surface area (Å²) >= 11 is 0. The van der Waals surface area contributed by atoms with E-state index >= 15 is 0 Å². The van der Waals surface area contributed by atoms with Crippen molar-refractivity contribution in [3.05, 3.63) is 72.6 Å². The summed E-state index contributed by atoms with van der Waals surface area (Å²) in [4.78, 5) is 13.4. The van der Waals surface area contributed by atoms with Gasteiger partial charge in [0, 0.05) is 16.9 Å². The zero-order valence-electron chi connectivity index (χ0n) is 17.1. The molecule has 4 aromatic rings. The van der Waals surface area contributed by atoms with Crippen LogP contribution in [0, 0.1) is 0 Å². The first-order valence-corrected chi connectivity index (χ1v) is 12.4. The molecule has 1 aliphatic rings. The van der Waals surface area contributed by atoms with Crippen LogP contribution >= 0.6 is 7.14 Å². The van der Waals surface area contributed by atoms with Crippen molar-refractivity contribution < 1.29 is 9.30 Å². The minimum Gasteiger partial charge on any atom is -0.437 e. The molecule has 3 heterocycles. The molecule has 0 fully saturated rings. The van der Waals surface area contributed by atoms with E-state index in [1.165, 1.54) is 0 Å². The van der Waals surface area contributed by atoms with Crippen molar-refractivity contribution in [2.24, 2.45) is 0 Å². The molecule has 0 spiro atoms. The van der Waals surface area contributed by atoms with Gasteiger partial charge in [0.2, 0.25) is 5.88 Å². The molecule has 31 heavy (non-hydrogen) atoms. The molecule has 0 aliphatic carbocycles. The summed E-state index contributed by atoms with van der Waals surface area (Å²) in [7, 11) is -2.30. The highest BCUT2D eigenvalue weighted by molar-refractivity contribution is 7.70. The third-order valence-electron chi connectivity index (χ3n) is 4.99. The van der Waals surface area contributed by atoms with Crippen LogP contribution < -0.4 is 26.0 Å². The SMILES string of the molecule is CP(C)(=O)c1ccc(Oc2cnc3c(n2)N(Cc2ccc4ncccc4c2)NN3)cc1. The molecule has 2 aromatic carbocycles. The van der Waals surface area contributed by atoms with Crippen molar-refractivity contribution in [3.8, 4) is 11.6 Å². The van der Waals surface area contributed by atoms with Gasteiger partial charge in [-0.25, -0.2) is 4.98 Å². The summed E-state index contributed by atoms with van der Waals surface area (Å²) < 4.78 is 18.1. The number of nitrogens with one attached hydrogen (secondary N) is 2. The monoisotopic (exact) mass is 432 g/mol. The van der Waals surface area contributed by atoms with E-state index in [0.29, 0.717) is 29.8 Å². The van der Waals surface area contributed by atoms with Crippen molar-refractivity contribution in [1.29, 1.82) is 0 Å². The lowest BCUT2D eigenvalue weighted by atomic mass is 10.1. The summed E-state index contributed by atoms with van der Waals surface area (Å²) in [6.07, 6.45) is 3.36. The first-order chi connectivity index (χ1) is 15.0. The average molecular weight is 432 g/mol. The predicted octanol–water partition coefficient (Wildman–Crippen LogP) is 3.92. The molecule has 2 aromatic heterocycles. The van der Waals surface area contributed by atoms with E-state index in [9.17, 15) is 4.57 Å². The zero-order valence-corrected chi connectivity index (χ0v) is 18.0. The second-order valence-corrected chi connectivity index (χ2v) is 10.9. The van der Waals surface area contributed by atoms with Crippen molar-refractivity contribution in [2.45, 2.75) is 6.54 Å². The molecular formula is C22H21N6O2P. The van der Waals surface area contributed by atoms with Gasteiger partial charge >= 0.3 is 0 Å². The fraction of sp³-hybridized carbons (Fsp3) is 0.136. The van der Waals surface area contributed by atoms with Crippen LogP contribution in [-0.2, 0) is 11.1 Å². The average Bonchev–Trinajstić information content (AvgIpc) is 3.15. The summed E-state index contributed by atoms with van der Waals surface area (Å²) in [5.41, 5.74) is 8.18. The minimum absolute atomic E-state index is 0.376. The maximum atomic E-state index is 12.2. The molecule has 9 heteroatoms. The van der Waals surface area contributed by atoms with Crippen LogP contribution in [0.1, 0.15) is 5.56 Å². The Balaban J connectivity index is 1.35. The second kappa shape index (κ2) is 7.65. The van der Waals surface area contributed by atoms with E-state index in [2.05, 4.69) is 32.0 Å². The third kappa shape index (κ3) is 4.08. The van der Waals surface area contributed by atoms with Gasteiger partial charge in [0.15, 0.2) is 11.6 Å². The number of hydrogen-bond donors (Lipinski definition) is 2. The minimum atomic E-state index is -2.30. The van der Waals surface area contributed by atoms with Crippen LogP contribution in [0.3, 0.4) is 0 Å². The van der Waals surface area contributed by atoms with Gasteiger partial charge in [-0.05, 0) is 61.4 Å². The van der Waals surface area contributed by atoms with Crippen molar-refractivity contribution in [3.63, 3.8) is 0 Å². The van der Waals surface area contributed by atoms with Crippen molar-refractivity contribution in [2.75, 3.05) is 23.8 Å². The lowest BCUT2D eigenvalue weighted by molar-refractivity contribution is 0.460. The Hall–Kier alpha value is -3.48. The highest BCUT2D eigenvalue weighted by atomic mass is 31.2. The molecule has 5 rings (SSSR count). The first kappa shape index (κ1) is 19.5. The van der Waals surface area contributed by atoms with Crippen LogP contribution in [0.2, 0.25) is 0 Å². The van der Waals surface area contributed by atoms with E-state index in [1.54, 1.807) is 37.9 Å². The standard InChI is InChI=1S/C22H21N6O2P/c1-31(2,29)18-8-6-17(7-9-18)30-20-13-24-21-22(25-20)28(27-26-21)14-15-5-10-19-16(12-15)4-3-11-23-19/h3-13,27H,14H2,1-2H3,(H,24,26). The molecule has 8 nitrogen and oxygen atoms in total. The third-order valence-corrected chi connectivity index (χ3v) is 6.53. The number of benzene rings is 2. The maximum absolute atomic E-state index is 12.2. The van der Waals surface area contributed by atoms with Gasteiger partial charge in [-0.15, -0.1) is 5.53 Å². The molecule has 0 atom stereocenters. The van der Waals surface area contributed by atoms with Gasteiger partial charge in [-0.2, -0.15) is 4.98 Å². The highest BCUT2D eigenvalue weighted by Crippen LogP contribution is 2.35. The number of ether oxygens (including phenoxy) is 1. The van der Waals surface area contributed by atoms with Crippen LogP contribution in [0.25, 0.3) is 10.9 Å². The van der Waals surface area contributed by atoms with Crippen LogP contribution in [0.15, 0.2) is 67.0 Å². The van der Waals surface area contributed by atoms with E-state index in [-0.39, 0.29) is 0 Å². The highest BCUT2D eigenvalue weighted by Gasteiger charge is 2.23. The Morgan fingerprint density at radius 2 is 1.90 bits per heavy atom. The lowest BCUT2D eigenvalue weighted by Crippen LogP contribution is -2.35. The molecule has 0 saturated carbocycles. The zero-order chi connectivity index (χ0) is 21.4. The van der Waals surface area contributed by atoms with E-state index in [4.69, 9.17) is 4.74 Å². The Bertz CT molecular complexity index is 1310. The molecular weight excluding hydrogens is 411 g/mol. The Morgan fingerprint density at radius 1 is 1.06 bits per heavy atom. The second-order valence-electron chi connectivity index (χ2n) is 7.68. The Labute approximate surface area is 179 Å². The summed E-state index contributed by atoms with van der Waals surface area (Å²) in [6.45, 7) is 4.07. The fourth-order valence-electron chi connectivity index (χ4n) is 3.38. The Kier molecular flexibility index (Phi) is 4.81. The van der Waals surface area contributed by atoms with Crippen molar-refractivity contribution >= 4 is 35.0 Å². The summed E-state index contributed by atoms with van der Waals surface area (Å²) in [5.74, 6) is 2.26. The maximum Gasteiger partial charge on any atom is 0.240 e. The smallest absolute Gasteiger partial charge is 0.240 e. The largest absolute Gasteiger partial charge is 0.437 e. The fourth-order valence-corrected chi connectivity index (χ4v) is 4.24. The molecule has 2 N–H and O–H groups in total.